The lowest BCUT2D eigenvalue weighted by molar-refractivity contribution is -0.135. The molecule has 0 heterocycles. The zero-order valence-corrected chi connectivity index (χ0v) is 15.9. The van der Waals surface area contributed by atoms with Crippen LogP contribution >= 0.6 is 12.4 Å². The van der Waals surface area contributed by atoms with Gasteiger partial charge < -0.3 is 15.7 Å². The van der Waals surface area contributed by atoms with Crippen molar-refractivity contribution in [1.82, 2.24) is 10.6 Å². The minimum atomic E-state index is -0.791. The van der Waals surface area contributed by atoms with E-state index < -0.39 is 5.97 Å². The van der Waals surface area contributed by atoms with E-state index in [1.807, 2.05) is 0 Å². The van der Waals surface area contributed by atoms with E-state index in [1.165, 1.54) is 77.0 Å². The second-order valence-electron chi connectivity index (χ2n) is 6.21. The summed E-state index contributed by atoms with van der Waals surface area (Å²) in [6, 6.07) is 0. The smallest absolute Gasteiger partial charge is 0.317 e. The highest BCUT2D eigenvalue weighted by Gasteiger charge is 1.95. The van der Waals surface area contributed by atoms with Gasteiger partial charge in [-0.3, -0.25) is 4.79 Å². The monoisotopic (exact) mass is 350 g/mol. The molecule has 0 aliphatic heterocycles. The summed E-state index contributed by atoms with van der Waals surface area (Å²) in [6.45, 7) is 4.95. The number of nitrogens with one attached hydrogen (secondary N) is 2. The van der Waals surface area contributed by atoms with Crippen molar-refractivity contribution in [1.29, 1.82) is 0 Å². The molecule has 0 saturated heterocycles. The van der Waals surface area contributed by atoms with Crippen molar-refractivity contribution in [2.45, 2.75) is 84.0 Å². The molecule has 0 rings (SSSR count). The standard InChI is InChI=1S/C18H38N2O2.ClH/c1-2-3-4-5-6-7-8-9-10-11-12-13-14-19-15-16-20-17-18(21)22;/h19-20H,2-17H2,1H3,(H,21,22);1H. The molecule has 0 bridgehead atoms. The molecule has 0 atom stereocenters. The molecule has 0 aromatic carbocycles. The zero-order chi connectivity index (χ0) is 16.3. The highest BCUT2D eigenvalue weighted by molar-refractivity contribution is 5.85. The summed E-state index contributed by atoms with van der Waals surface area (Å²) in [5.41, 5.74) is 0. The first-order valence-corrected chi connectivity index (χ1v) is 9.40. The van der Waals surface area contributed by atoms with E-state index in [0.29, 0.717) is 0 Å². The third kappa shape index (κ3) is 24.1. The van der Waals surface area contributed by atoms with E-state index in [-0.39, 0.29) is 19.0 Å². The third-order valence-electron chi connectivity index (χ3n) is 3.96. The minimum Gasteiger partial charge on any atom is -0.480 e. The van der Waals surface area contributed by atoms with Gasteiger partial charge in [0, 0.05) is 13.1 Å². The Labute approximate surface area is 149 Å². The quantitative estimate of drug-likeness (QED) is 0.321. The van der Waals surface area contributed by atoms with Gasteiger partial charge in [-0.2, -0.15) is 0 Å². The van der Waals surface area contributed by atoms with Crippen LogP contribution in [0.3, 0.4) is 0 Å². The van der Waals surface area contributed by atoms with Gasteiger partial charge >= 0.3 is 5.97 Å². The number of carbonyl (C=O) groups is 1. The van der Waals surface area contributed by atoms with Gasteiger partial charge in [0.1, 0.15) is 0 Å². The molecule has 0 saturated carbocycles. The first-order valence-electron chi connectivity index (χ1n) is 9.40. The Morgan fingerprint density at radius 3 is 1.61 bits per heavy atom. The van der Waals surface area contributed by atoms with Crippen LogP contribution in [-0.2, 0) is 4.79 Å². The molecule has 0 radical (unpaired) electrons. The molecule has 0 amide bonds. The number of carboxylic acid groups (broad SMARTS) is 1. The second-order valence-corrected chi connectivity index (χ2v) is 6.21. The normalized spacial score (nSPS) is 10.5. The molecule has 0 unspecified atom stereocenters. The van der Waals surface area contributed by atoms with Crippen LogP contribution in [0.2, 0.25) is 0 Å². The van der Waals surface area contributed by atoms with Crippen LogP contribution in [0.25, 0.3) is 0 Å². The topological polar surface area (TPSA) is 61.4 Å². The van der Waals surface area contributed by atoms with Crippen LogP contribution in [0.5, 0.6) is 0 Å². The highest BCUT2D eigenvalue weighted by Crippen LogP contribution is 2.11. The zero-order valence-electron chi connectivity index (χ0n) is 15.1. The molecule has 0 aromatic rings. The molecule has 4 nitrogen and oxygen atoms in total. The predicted octanol–water partition coefficient (Wildman–Crippen LogP) is 4.37. The van der Waals surface area contributed by atoms with E-state index in [1.54, 1.807) is 0 Å². The minimum absolute atomic E-state index is 0. The fourth-order valence-corrected chi connectivity index (χ4v) is 2.59. The lowest BCUT2D eigenvalue weighted by Gasteiger charge is -2.05. The summed E-state index contributed by atoms with van der Waals surface area (Å²) in [5.74, 6) is -0.791. The Morgan fingerprint density at radius 2 is 1.13 bits per heavy atom. The Balaban J connectivity index is 0. The van der Waals surface area contributed by atoms with E-state index in [4.69, 9.17) is 5.11 Å². The molecule has 0 spiro atoms. The van der Waals surface area contributed by atoms with Gasteiger partial charge in [-0.25, -0.2) is 0 Å². The van der Waals surface area contributed by atoms with Crippen molar-refractivity contribution in [3.05, 3.63) is 0 Å². The van der Waals surface area contributed by atoms with Crippen LogP contribution in [0.1, 0.15) is 84.0 Å². The van der Waals surface area contributed by atoms with Crippen molar-refractivity contribution in [2.75, 3.05) is 26.2 Å². The van der Waals surface area contributed by atoms with Gasteiger partial charge in [0.05, 0.1) is 6.54 Å². The van der Waals surface area contributed by atoms with E-state index in [2.05, 4.69) is 17.6 Å². The van der Waals surface area contributed by atoms with Crippen LogP contribution in [0, 0.1) is 0 Å². The summed E-state index contributed by atoms with van der Waals surface area (Å²) < 4.78 is 0. The number of unbranched alkanes of at least 4 members (excludes halogenated alkanes) is 11. The average molecular weight is 351 g/mol. The van der Waals surface area contributed by atoms with Gasteiger partial charge in [0.2, 0.25) is 0 Å². The molecule has 0 fully saturated rings. The first kappa shape index (κ1) is 24.9. The van der Waals surface area contributed by atoms with Crippen LogP contribution in [-0.4, -0.2) is 37.3 Å². The third-order valence-corrected chi connectivity index (χ3v) is 3.96. The molecule has 0 aliphatic carbocycles. The van der Waals surface area contributed by atoms with Crippen LogP contribution < -0.4 is 10.6 Å². The van der Waals surface area contributed by atoms with E-state index in [0.717, 1.165) is 19.6 Å². The molecular weight excluding hydrogens is 312 g/mol. The number of rotatable bonds is 18. The van der Waals surface area contributed by atoms with Gasteiger partial charge in [-0.05, 0) is 13.0 Å². The summed E-state index contributed by atoms with van der Waals surface area (Å²) in [4.78, 5) is 10.3. The van der Waals surface area contributed by atoms with E-state index >= 15 is 0 Å². The molecular formula is C18H39ClN2O2. The number of aliphatic carboxylic acids is 1. The van der Waals surface area contributed by atoms with Gasteiger partial charge in [-0.15, -0.1) is 12.4 Å². The number of halogens is 1. The van der Waals surface area contributed by atoms with Gasteiger partial charge in [0.15, 0.2) is 0 Å². The Hall–Kier alpha value is -0.320. The number of carboxylic acids is 1. The van der Waals surface area contributed by atoms with Crippen molar-refractivity contribution in [3.63, 3.8) is 0 Å². The molecule has 0 aromatic heterocycles. The largest absolute Gasteiger partial charge is 0.480 e. The van der Waals surface area contributed by atoms with Gasteiger partial charge in [-0.1, -0.05) is 77.6 Å². The first-order chi connectivity index (χ1) is 10.8. The fraction of sp³-hybridized carbons (Fsp3) is 0.944. The molecule has 3 N–H and O–H groups in total. The van der Waals surface area contributed by atoms with Crippen molar-refractivity contribution in [2.24, 2.45) is 0 Å². The Kier molecular flexibility index (Phi) is 23.5. The summed E-state index contributed by atoms with van der Waals surface area (Å²) >= 11 is 0. The highest BCUT2D eigenvalue weighted by atomic mass is 35.5. The predicted molar refractivity (Wildman–Crippen MR) is 102 cm³/mol. The maximum atomic E-state index is 10.3. The van der Waals surface area contributed by atoms with Crippen LogP contribution in [0.15, 0.2) is 0 Å². The summed E-state index contributed by atoms with van der Waals surface area (Å²) in [6.07, 6.45) is 16.6. The summed E-state index contributed by atoms with van der Waals surface area (Å²) in [7, 11) is 0. The molecule has 23 heavy (non-hydrogen) atoms. The molecule has 5 heteroatoms. The van der Waals surface area contributed by atoms with Crippen LogP contribution in [0.4, 0.5) is 0 Å². The lowest BCUT2D eigenvalue weighted by Crippen LogP contribution is -2.31. The Morgan fingerprint density at radius 1 is 0.696 bits per heavy atom. The summed E-state index contributed by atoms with van der Waals surface area (Å²) in [5, 5.41) is 14.7. The second kappa shape index (κ2) is 21.7. The fourth-order valence-electron chi connectivity index (χ4n) is 2.59. The number of hydrogen-bond donors (Lipinski definition) is 3. The van der Waals surface area contributed by atoms with Crippen molar-refractivity contribution >= 4 is 18.4 Å². The lowest BCUT2D eigenvalue weighted by atomic mass is 10.1. The maximum Gasteiger partial charge on any atom is 0.317 e. The molecule has 0 aliphatic rings. The maximum absolute atomic E-state index is 10.3. The Bertz CT molecular complexity index is 241. The molecule has 140 valence electrons. The SMILES string of the molecule is CCCCCCCCCCCCCCNCCNCC(=O)O.Cl. The van der Waals surface area contributed by atoms with Gasteiger partial charge in [0.25, 0.3) is 0 Å². The average Bonchev–Trinajstić information content (AvgIpc) is 2.50. The van der Waals surface area contributed by atoms with E-state index in [9.17, 15) is 4.79 Å². The van der Waals surface area contributed by atoms with Crippen molar-refractivity contribution < 1.29 is 9.90 Å². The van der Waals surface area contributed by atoms with Crippen molar-refractivity contribution in [3.8, 4) is 0 Å². The number of hydrogen-bond acceptors (Lipinski definition) is 3.